The first-order chi connectivity index (χ1) is 19.3. The average Bonchev–Trinajstić information content (AvgIpc) is 3.33. The first-order valence-corrected chi connectivity index (χ1v) is 13.1. The molecule has 0 aliphatic carbocycles. The molecular formula is C31H31N4O5+. The van der Waals surface area contributed by atoms with E-state index >= 15 is 0 Å². The van der Waals surface area contributed by atoms with Crippen LogP contribution < -0.4 is 15.8 Å². The highest BCUT2D eigenvalue weighted by Gasteiger charge is 2.43. The summed E-state index contributed by atoms with van der Waals surface area (Å²) in [6.07, 6.45) is 1.85. The van der Waals surface area contributed by atoms with Crippen LogP contribution in [0.25, 0.3) is 11.0 Å². The van der Waals surface area contributed by atoms with E-state index in [1.807, 2.05) is 71.6 Å². The van der Waals surface area contributed by atoms with E-state index in [1.54, 1.807) is 35.8 Å². The van der Waals surface area contributed by atoms with Gasteiger partial charge in [-0.15, -0.1) is 0 Å². The maximum absolute atomic E-state index is 13.9. The van der Waals surface area contributed by atoms with Crippen molar-refractivity contribution in [2.24, 2.45) is 14.1 Å². The number of para-hydroxylation sites is 2. The number of hydrogen-bond donors (Lipinski definition) is 1. The van der Waals surface area contributed by atoms with Crippen LogP contribution in [0.15, 0.2) is 101 Å². The van der Waals surface area contributed by atoms with E-state index in [-0.39, 0.29) is 12.2 Å². The predicted octanol–water partition coefficient (Wildman–Crippen LogP) is 3.02. The number of benzene rings is 3. The minimum atomic E-state index is -1.08. The topological polar surface area (TPSA) is 99.3 Å². The van der Waals surface area contributed by atoms with Gasteiger partial charge in [-0.2, -0.15) is 0 Å². The molecule has 9 nitrogen and oxygen atoms in total. The fourth-order valence-electron chi connectivity index (χ4n) is 5.26. The zero-order valence-electron chi connectivity index (χ0n) is 22.6. The number of imidazole rings is 1. The molecule has 0 fully saturated rings. The summed E-state index contributed by atoms with van der Waals surface area (Å²) in [4.78, 5) is 40.1. The third kappa shape index (κ3) is 4.70. The monoisotopic (exact) mass is 539 g/mol. The van der Waals surface area contributed by atoms with E-state index in [1.165, 1.54) is 14.1 Å². The van der Waals surface area contributed by atoms with Gasteiger partial charge in [0.1, 0.15) is 6.54 Å². The van der Waals surface area contributed by atoms with Gasteiger partial charge in [0.15, 0.2) is 11.0 Å². The molecule has 0 aliphatic rings. The van der Waals surface area contributed by atoms with E-state index in [2.05, 4.69) is 0 Å². The first kappa shape index (κ1) is 26.7. The Morgan fingerprint density at radius 3 is 2.20 bits per heavy atom. The van der Waals surface area contributed by atoms with Crippen molar-refractivity contribution < 1.29 is 19.2 Å². The number of aromatic nitrogens is 4. The molecule has 3 aromatic carbocycles. The molecule has 0 saturated heterocycles. The van der Waals surface area contributed by atoms with Gasteiger partial charge in [-0.3, -0.25) is 13.9 Å². The van der Waals surface area contributed by atoms with Gasteiger partial charge in [0.05, 0.1) is 18.1 Å². The number of esters is 1. The maximum atomic E-state index is 13.9. The van der Waals surface area contributed by atoms with Gasteiger partial charge in [0.2, 0.25) is 18.2 Å². The third-order valence-electron chi connectivity index (χ3n) is 7.21. The number of fused-ring (bicyclic) bond motifs is 1. The number of hydrogen-bond acceptors (Lipinski definition) is 5. The number of rotatable bonds is 8. The van der Waals surface area contributed by atoms with Crippen molar-refractivity contribution in [3.05, 3.63) is 129 Å². The van der Waals surface area contributed by atoms with Crippen LogP contribution in [0.2, 0.25) is 0 Å². The largest absolute Gasteiger partial charge is 0.494 e. The molecule has 2 aromatic heterocycles. The second-order valence-electron chi connectivity index (χ2n) is 9.65. The second kappa shape index (κ2) is 11.1. The molecule has 0 aliphatic heterocycles. The number of carbonyl (C=O) groups is 1. The summed E-state index contributed by atoms with van der Waals surface area (Å²) >= 11 is 0. The molecule has 204 valence electrons. The summed E-state index contributed by atoms with van der Waals surface area (Å²) in [7, 11) is 2.74. The highest BCUT2D eigenvalue weighted by molar-refractivity contribution is 5.81. The summed E-state index contributed by atoms with van der Waals surface area (Å²) in [6.45, 7) is 2.39. The molecular weight excluding hydrogens is 508 g/mol. The molecule has 2 atom stereocenters. The molecule has 2 heterocycles. The standard InChI is InChI=1S/C31H30N4O5/c1-4-40-30(38)27(35-20-34(19-21-13-7-5-8-14-21)23-17-11-12-18-24(23)35)25(22-15-9-6-10-16-22)26-28(36)32(2)31(39)33(3)29(26)37/h5-18,20,25,27H,4,19H2,1-3H3/p+1. The Kier molecular flexibility index (Phi) is 7.37. The van der Waals surface area contributed by atoms with Gasteiger partial charge in [0, 0.05) is 14.1 Å². The first-order valence-electron chi connectivity index (χ1n) is 13.1. The highest BCUT2D eigenvalue weighted by atomic mass is 16.5. The van der Waals surface area contributed by atoms with Gasteiger partial charge in [-0.25, -0.2) is 18.7 Å². The summed E-state index contributed by atoms with van der Waals surface area (Å²) in [5.74, 6) is -2.05. The van der Waals surface area contributed by atoms with Crippen LogP contribution in [0.5, 0.6) is 5.88 Å². The molecule has 0 saturated carbocycles. The average molecular weight is 540 g/mol. The van der Waals surface area contributed by atoms with Gasteiger partial charge in [-0.05, 0) is 30.2 Å². The molecule has 1 N–H and O–H groups in total. The van der Waals surface area contributed by atoms with Crippen molar-refractivity contribution in [2.75, 3.05) is 6.61 Å². The van der Waals surface area contributed by atoms with Gasteiger partial charge < -0.3 is 9.84 Å². The number of aromatic hydroxyl groups is 1. The van der Waals surface area contributed by atoms with Gasteiger partial charge in [0.25, 0.3) is 5.56 Å². The fourth-order valence-corrected chi connectivity index (χ4v) is 5.26. The Balaban J connectivity index is 1.82. The molecule has 40 heavy (non-hydrogen) atoms. The third-order valence-corrected chi connectivity index (χ3v) is 7.21. The van der Waals surface area contributed by atoms with Crippen molar-refractivity contribution in [1.29, 1.82) is 0 Å². The fraction of sp³-hybridized carbons (Fsp3) is 0.226. The van der Waals surface area contributed by atoms with Crippen LogP contribution >= 0.6 is 0 Å². The van der Waals surface area contributed by atoms with Crippen LogP contribution in [0, 0.1) is 0 Å². The van der Waals surface area contributed by atoms with E-state index in [9.17, 15) is 19.5 Å². The Hall–Kier alpha value is -4.92. The van der Waals surface area contributed by atoms with Crippen LogP contribution in [-0.2, 0) is 30.2 Å². The van der Waals surface area contributed by atoms with Crippen LogP contribution in [0.1, 0.15) is 35.6 Å². The molecule has 9 heteroatoms. The summed E-state index contributed by atoms with van der Waals surface area (Å²) in [6, 6.07) is 25.6. The van der Waals surface area contributed by atoms with Crippen LogP contribution in [-0.4, -0.2) is 31.4 Å². The predicted molar refractivity (Wildman–Crippen MR) is 150 cm³/mol. The zero-order chi connectivity index (χ0) is 28.4. The summed E-state index contributed by atoms with van der Waals surface area (Å²) < 4.78 is 11.4. The van der Waals surface area contributed by atoms with Crippen molar-refractivity contribution >= 4 is 17.0 Å². The highest BCUT2D eigenvalue weighted by Crippen LogP contribution is 2.39. The van der Waals surface area contributed by atoms with Crippen molar-refractivity contribution in [3.8, 4) is 5.88 Å². The normalized spacial score (nSPS) is 12.8. The van der Waals surface area contributed by atoms with E-state index < -0.39 is 35.1 Å². The van der Waals surface area contributed by atoms with E-state index in [0.29, 0.717) is 12.1 Å². The van der Waals surface area contributed by atoms with Crippen LogP contribution in [0.3, 0.4) is 0 Å². The maximum Gasteiger partial charge on any atom is 0.352 e. The smallest absolute Gasteiger partial charge is 0.352 e. The zero-order valence-corrected chi connectivity index (χ0v) is 22.6. The molecule has 0 radical (unpaired) electrons. The Morgan fingerprint density at radius 1 is 0.900 bits per heavy atom. The Morgan fingerprint density at radius 2 is 1.52 bits per heavy atom. The summed E-state index contributed by atoms with van der Waals surface area (Å²) in [5, 5.41) is 11.2. The second-order valence-corrected chi connectivity index (χ2v) is 9.65. The lowest BCUT2D eigenvalue weighted by Gasteiger charge is -2.25. The van der Waals surface area contributed by atoms with Gasteiger partial charge in [-0.1, -0.05) is 72.8 Å². The molecule has 2 unspecified atom stereocenters. The van der Waals surface area contributed by atoms with Crippen LogP contribution in [0.4, 0.5) is 0 Å². The molecule has 0 bridgehead atoms. The Labute approximate surface area is 230 Å². The summed E-state index contributed by atoms with van der Waals surface area (Å²) in [5.41, 5.74) is 1.89. The minimum absolute atomic E-state index is 0.0683. The molecule has 0 amide bonds. The molecule has 0 spiro atoms. The number of nitrogens with zero attached hydrogens (tertiary/aromatic N) is 4. The quantitative estimate of drug-likeness (QED) is 0.241. The molecule has 5 rings (SSSR count). The van der Waals surface area contributed by atoms with Gasteiger partial charge >= 0.3 is 11.7 Å². The van der Waals surface area contributed by atoms with Crippen molar-refractivity contribution in [1.82, 2.24) is 13.7 Å². The lowest BCUT2D eigenvalue weighted by molar-refractivity contribution is -0.663. The lowest BCUT2D eigenvalue weighted by Crippen LogP contribution is -2.42. The lowest BCUT2D eigenvalue weighted by atomic mass is 9.85. The van der Waals surface area contributed by atoms with Crippen molar-refractivity contribution in [3.63, 3.8) is 0 Å². The van der Waals surface area contributed by atoms with E-state index in [0.717, 1.165) is 25.7 Å². The number of carbonyl (C=O) groups excluding carboxylic acids is 1. The molecule has 5 aromatic rings. The Bertz CT molecular complexity index is 1790. The van der Waals surface area contributed by atoms with E-state index in [4.69, 9.17) is 4.74 Å². The number of ether oxygens (including phenoxy) is 1. The minimum Gasteiger partial charge on any atom is -0.494 e. The van der Waals surface area contributed by atoms with Crippen molar-refractivity contribution in [2.45, 2.75) is 25.4 Å². The SMILES string of the molecule is CCOC(=O)C(C(c1ccccc1)c1c(O)n(C)c(=O)n(C)c1=O)n1c[n+](Cc2ccccc2)c2ccccc21.